The van der Waals surface area contributed by atoms with E-state index in [9.17, 15) is 19.1 Å². The van der Waals surface area contributed by atoms with Crippen molar-refractivity contribution in [3.63, 3.8) is 0 Å². The molecule has 1 aliphatic heterocycles. The fourth-order valence-corrected chi connectivity index (χ4v) is 4.20. The minimum atomic E-state index is -0.932. The molecule has 4 nitrogen and oxygen atoms in total. The lowest BCUT2D eigenvalue weighted by molar-refractivity contribution is -0.135. The van der Waals surface area contributed by atoms with Crippen LogP contribution in [0.2, 0.25) is 0 Å². The summed E-state index contributed by atoms with van der Waals surface area (Å²) in [5.74, 6) is 0.171. The summed E-state index contributed by atoms with van der Waals surface area (Å²) >= 11 is 0. The molecule has 0 unspecified atom stereocenters. The van der Waals surface area contributed by atoms with Crippen molar-refractivity contribution in [2.45, 2.75) is 58.0 Å². The largest absolute Gasteiger partial charge is 0.389 e. The summed E-state index contributed by atoms with van der Waals surface area (Å²) in [6.07, 6.45) is 2.61. The average Bonchev–Trinajstić information content (AvgIpc) is 2.72. The first kappa shape index (κ1) is 23.1. The maximum atomic E-state index is 13.4. The summed E-state index contributed by atoms with van der Waals surface area (Å²) in [5.41, 5.74) is 1.68. The van der Waals surface area contributed by atoms with Crippen LogP contribution in [0.1, 0.15) is 61.0 Å². The molecular formula is C26H32FNO3. The number of piperidine rings is 1. The Kier molecular flexibility index (Phi) is 7.60. The van der Waals surface area contributed by atoms with Gasteiger partial charge in [0.25, 0.3) is 0 Å². The van der Waals surface area contributed by atoms with Crippen LogP contribution in [0.4, 0.5) is 4.39 Å². The van der Waals surface area contributed by atoms with Crippen LogP contribution in [0.15, 0.2) is 48.5 Å². The van der Waals surface area contributed by atoms with Crippen LogP contribution in [-0.2, 0) is 17.6 Å². The number of benzene rings is 2. The number of Topliss-reactive ketones (excluding diaryl/α,β-unsaturated/α-hetero) is 1. The van der Waals surface area contributed by atoms with Gasteiger partial charge >= 0.3 is 0 Å². The second-order valence-corrected chi connectivity index (χ2v) is 9.13. The summed E-state index contributed by atoms with van der Waals surface area (Å²) in [7, 11) is 0. The second-order valence-electron chi connectivity index (χ2n) is 9.13. The maximum absolute atomic E-state index is 13.4. The molecule has 31 heavy (non-hydrogen) atoms. The molecule has 0 aliphatic carbocycles. The molecule has 0 atom stereocenters. The van der Waals surface area contributed by atoms with Gasteiger partial charge in [0.2, 0.25) is 5.91 Å². The van der Waals surface area contributed by atoms with Gasteiger partial charge in [0, 0.05) is 37.9 Å². The average molecular weight is 426 g/mol. The quantitative estimate of drug-likeness (QED) is 0.630. The standard InChI is InChI=1S/C26H32FNO3/c1-19(2)16-20-6-8-22(9-7-20)24(29)10-11-25(30)28-14-12-26(31,13-15-28)18-21-4-3-5-23(27)17-21/h3-9,17,19,31H,10-16,18H2,1-2H3. The highest BCUT2D eigenvalue weighted by atomic mass is 19.1. The number of halogens is 1. The fourth-order valence-electron chi connectivity index (χ4n) is 4.20. The number of aliphatic hydroxyl groups is 1. The summed E-state index contributed by atoms with van der Waals surface area (Å²) in [5, 5.41) is 10.8. The summed E-state index contributed by atoms with van der Waals surface area (Å²) in [6.45, 7) is 5.21. The minimum Gasteiger partial charge on any atom is -0.389 e. The van der Waals surface area contributed by atoms with Crippen molar-refractivity contribution in [3.05, 3.63) is 71.0 Å². The van der Waals surface area contributed by atoms with Crippen molar-refractivity contribution < 1.29 is 19.1 Å². The Labute approximate surface area is 184 Å². The van der Waals surface area contributed by atoms with E-state index < -0.39 is 5.60 Å². The van der Waals surface area contributed by atoms with Crippen molar-refractivity contribution in [3.8, 4) is 0 Å². The molecule has 0 bridgehead atoms. The molecule has 1 saturated heterocycles. The first-order valence-electron chi connectivity index (χ1n) is 11.1. The number of rotatable bonds is 8. The highest BCUT2D eigenvalue weighted by Gasteiger charge is 2.34. The Hall–Kier alpha value is -2.53. The lowest BCUT2D eigenvalue weighted by atomic mass is 9.85. The fraction of sp³-hybridized carbons (Fsp3) is 0.462. The first-order chi connectivity index (χ1) is 14.7. The number of likely N-dealkylation sites (tertiary alicyclic amines) is 1. The number of amides is 1. The maximum Gasteiger partial charge on any atom is 0.223 e. The van der Waals surface area contributed by atoms with Crippen LogP contribution in [0.5, 0.6) is 0 Å². The number of hydrogen-bond acceptors (Lipinski definition) is 3. The molecule has 1 fully saturated rings. The number of hydrogen-bond donors (Lipinski definition) is 1. The van der Waals surface area contributed by atoms with E-state index in [2.05, 4.69) is 13.8 Å². The molecule has 1 N–H and O–H groups in total. The predicted molar refractivity (Wildman–Crippen MR) is 119 cm³/mol. The van der Waals surface area contributed by atoms with Crippen LogP contribution < -0.4 is 0 Å². The van der Waals surface area contributed by atoms with Gasteiger partial charge in [-0.05, 0) is 48.4 Å². The second kappa shape index (κ2) is 10.2. The van der Waals surface area contributed by atoms with E-state index in [0.29, 0.717) is 43.8 Å². The van der Waals surface area contributed by atoms with Crippen LogP contribution in [-0.4, -0.2) is 40.4 Å². The van der Waals surface area contributed by atoms with Crippen molar-refractivity contribution in [2.24, 2.45) is 5.92 Å². The molecule has 1 amide bonds. The molecule has 0 radical (unpaired) electrons. The van der Waals surface area contributed by atoms with E-state index in [-0.39, 0.29) is 30.3 Å². The van der Waals surface area contributed by atoms with Gasteiger partial charge in [0.15, 0.2) is 5.78 Å². The van der Waals surface area contributed by atoms with E-state index in [1.807, 2.05) is 24.3 Å². The van der Waals surface area contributed by atoms with E-state index in [4.69, 9.17) is 0 Å². The third-order valence-corrected chi connectivity index (χ3v) is 5.95. The zero-order chi connectivity index (χ0) is 22.4. The highest BCUT2D eigenvalue weighted by molar-refractivity contribution is 5.98. The number of carbonyl (C=O) groups is 2. The van der Waals surface area contributed by atoms with Gasteiger partial charge in [-0.3, -0.25) is 9.59 Å². The highest BCUT2D eigenvalue weighted by Crippen LogP contribution is 2.27. The Bertz CT molecular complexity index is 899. The number of nitrogens with zero attached hydrogens (tertiary/aromatic N) is 1. The molecule has 1 aliphatic rings. The monoisotopic (exact) mass is 425 g/mol. The van der Waals surface area contributed by atoms with Gasteiger partial charge in [-0.2, -0.15) is 0 Å². The zero-order valence-corrected chi connectivity index (χ0v) is 18.4. The predicted octanol–water partition coefficient (Wildman–Crippen LogP) is 4.58. The zero-order valence-electron chi connectivity index (χ0n) is 18.4. The van der Waals surface area contributed by atoms with Gasteiger partial charge in [0.05, 0.1) is 5.60 Å². The lowest BCUT2D eigenvalue weighted by Crippen LogP contribution is -2.47. The third-order valence-electron chi connectivity index (χ3n) is 5.95. The Morgan fingerprint density at radius 3 is 2.32 bits per heavy atom. The molecule has 0 spiro atoms. The van der Waals surface area contributed by atoms with Gasteiger partial charge in [0.1, 0.15) is 5.82 Å². The molecule has 3 rings (SSSR count). The summed E-state index contributed by atoms with van der Waals surface area (Å²) in [6, 6.07) is 13.9. The van der Waals surface area contributed by atoms with E-state index >= 15 is 0 Å². The Balaban J connectivity index is 1.46. The van der Waals surface area contributed by atoms with Crippen LogP contribution in [0.3, 0.4) is 0 Å². The normalized spacial score (nSPS) is 15.8. The van der Waals surface area contributed by atoms with Crippen LogP contribution in [0.25, 0.3) is 0 Å². The smallest absolute Gasteiger partial charge is 0.223 e. The van der Waals surface area contributed by atoms with Crippen molar-refractivity contribution >= 4 is 11.7 Å². The topological polar surface area (TPSA) is 57.6 Å². The molecule has 1 heterocycles. The van der Waals surface area contributed by atoms with Crippen molar-refractivity contribution in [1.82, 2.24) is 4.90 Å². The van der Waals surface area contributed by atoms with Gasteiger partial charge in [-0.25, -0.2) is 4.39 Å². The van der Waals surface area contributed by atoms with Crippen LogP contribution in [0, 0.1) is 11.7 Å². The van der Waals surface area contributed by atoms with E-state index in [0.717, 1.165) is 12.0 Å². The van der Waals surface area contributed by atoms with Gasteiger partial charge in [-0.15, -0.1) is 0 Å². The lowest BCUT2D eigenvalue weighted by Gasteiger charge is -2.38. The molecule has 2 aromatic rings. The van der Waals surface area contributed by atoms with Crippen LogP contribution >= 0.6 is 0 Å². The number of ketones is 1. The molecular weight excluding hydrogens is 393 g/mol. The first-order valence-corrected chi connectivity index (χ1v) is 11.1. The van der Waals surface area contributed by atoms with Gasteiger partial charge < -0.3 is 10.0 Å². The molecule has 2 aromatic carbocycles. The Morgan fingerprint density at radius 2 is 1.71 bits per heavy atom. The van der Waals surface area contributed by atoms with Crippen molar-refractivity contribution in [1.29, 1.82) is 0 Å². The SMILES string of the molecule is CC(C)Cc1ccc(C(=O)CCC(=O)N2CCC(O)(Cc3cccc(F)c3)CC2)cc1. The summed E-state index contributed by atoms with van der Waals surface area (Å²) in [4.78, 5) is 26.7. The Morgan fingerprint density at radius 1 is 1.03 bits per heavy atom. The minimum absolute atomic E-state index is 0.0240. The van der Waals surface area contributed by atoms with E-state index in [1.165, 1.54) is 17.7 Å². The molecule has 5 heteroatoms. The van der Waals surface area contributed by atoms with Gasteiger partial charge in [-0.1, -0.05) is 50.2 Å². The summed E-state index contributed by atoms with van der Waals surface area (Å²) < 4.78 is 13.4. The van der Waals surface area contributed by atoms with E-state index in [1.54, 1.807) is 17.0 Å². The van der Waals surface area contributed by atoms with Crippen molar-refractivity contribution in [2.75, 3.05) is 13.1 Å². The molecule has 0 aromatic heterocycles. The third kappa shape index (κ3) is 6.73. The molecule has 166 valence electrons. The molecule has 0 saturated carbocycles. The number of carbonyl (C=O) groups excluding carboxylic acids is 2.